The normalized spacial score (nSPS) is 13.2. The van der Waals surface area contributed by atoms with Crippen LogP contribution in [0.25, 0.3) is 10.8 Å². The highest BCUT2D eigenvalue weighted by Crippen LogP contribution is 2.31. The van der Waals surface area contributed by atoms with E-state index in [0.717, 1.165) is 10.8 Å². The van der Waals surface area contributed by atoms with Crippen molar-refractivity contribution in [1.29, 1.82) is 0 Å². The van der Waals surface area contributed by atoms with Gasteiger partial charge >= 0.3 is 6.16 Å². The van der Waals surface area contributed by atoms with Crippen LogP contribution < -0.4 is 10.1 Å². The van der Waals surface area contributed by atoms with Gasteiger partial charge in [0.2, 0.25) is 5.91 Å². The fraction of sp³-hybridized carbons (Fsp3) is 0.308. The summed E-state index contributed by atoms with van der Waals surface area (Å²) in [4.78, 5) is 25.5. The minimum Gasteiger partial charge on any atom is -0.497 e. The van der Waals surface area contributed by atoms with Crippen molar-refractivity contribution in [1.82, 2.24) is 0 Å². The van der Waals surface area contributed by atoms with Crippen LogP contribution in [0.4, 0.5) is 10.5 Å². The van der Waals surface area contributed by atoms with E-state index < -0.39 is 23.8 Å². The number of rotatable bonds is 6. The second-order valence-electron chi connectivity index (χ2n) is 8.62. The Bertz CT molecular complexity index is 1090. The predicted molar refractivity (Wildman–Crippen MR) is 125 cm³/mol. The summed E-state index contributed by atoms with van der Waals surface area (Å²) in [5.41, 5.74) is 0.628. The number of carbonyl (C=O) groups is 2. The fourth-order valence-corrected chi connectivity index (χ4v) is 3.29. The molecule has 0 aliphatic carbocycles. The van der Waals surface area contributed by atoms with Crippen LogP contribution in [0.2, 0.25) is 0 Å². The molecular formula is C26H29NO5. The van der Waals surface area contributed by atoms with Gasteiger partial charge in [0.25, 0.3) is 0 Å². The summed E-state index contributed by atoms with van der Waals surface area (Å²) in [7, 11) is 1.58. The second kappa shape index (κ2) is 9.73. The van der Waals surface area contributed by atoms with Crippen LogP contribution in [0.3, 0.4) is 0 Å². The lowest BCUT2D eigenvalue weighted by Crippen LogP contribution is -2.31. The zero-order valence-corrected chi connectivity index (χ0v) is 19.0. The van der Waals surface area contributed by atoms with Gasteiger partial charge in [-0.3, -0.25) is 4.79 Å². The minimum absolute atomic E-state index is 0.281. The quantitative estimate of drug-likeness (QED) is 0.473. The van der Waals surface area contributed by atoms with Gasteiger partial charge in [-0.15, -0.1) is 0 Å². The van der Waals surface area contributed by atoms with Crippen LogP contribution in [-0.4, -0.2) is 24.8 Å². The van der Waals surface area contributed by atoms with Crippen molar-refractivity contribution in [2.24, 2.45) is 5.92 Å². The van der Waals surface area contributed by atoms with E-state index in [1.165, 1.54) is 0 Å². The number of carbonyl (C=O) groups excluding carboxylic acids is 2. The molecular weight excluding hydrogens is 406 g/mol. The Labute approximate surface area is 188 Å². The van der Waals surface area contributed by atoms with Crippen molar-refractivity contribution < 1.29 is 23.8 Å². The largest absolute Gasteiger partial charge is 0.509 e. The first-order valence-electron chi connectivity index (χ1n) is 10.5. The summed E-state index contributed by atoms with van der Waals surface area (Å²) in [5, 5.41) is 4.92. The van der Waals surface area contributed by atoms with Gasteiger partial charge in [-0.1, -0.05) is 36.4 Å². The molecule has 0 bridgehead atoms. The molecule has 0 fully saturated rings. The van der Waals surface area contributed by atoms with Crippen LogP contribution >= 0.6 is 0 Å². The lowest BCUT2D eigenvalue weighted by Gasteiger charge is -2.26. The van der Waals surface area contributed by atoms with Crippen molar-refractivity contribution in [2.45, 2.75) is 39.4 Å². The first-order chi connectivity index (χ1) is 15.2. The summed E-state index contributed by atoms with van der Waals surface area (Å²) < 4.78 is 16.2. The Morgan fingerprint density at radius 3 is 2.19 bits per heavy atom. The van der Waals surface area contributed by atoms with Gasteiger partial charge in [0.1, 0.15) is 17.5 Å². The van der Waals surface area contributed by atoms with Crippen LogP contribution in [0.5, 0.6) is 5.75 Å². The molecule has 3 aromatic carbocycles. The molecule has 0 aromatic heterocycles. The summed E-state index contributed by atoms with van der Waals surface area (Å²) in [6.07, 6.45) is -1.65. The Balaban J connectivity index is 1.86. The molecule has 0 spiro atoms. The Morgan fingerprint density at radius 2 is 1.56 bits per heavy atom. The van der Waals surface area contributed by atoms with Crippen molar-refractivity contribution >= 4 is 28.5 Å². The van der Waals surface area contributed by atoms with Crippen LogP contribution in [0.1, 0.15) is 39.4 Å². The minimum atomic E-state index is -0.826. The maximum Gasteiger partial charge on any atom is 0.509 e. The number of methoxy groups -OCH3 is 1. The van der Waals surface area contributed by atoms with E-state index in [-0.39, 0.29) is 5.91 Å². The summed E-state index contributed by atoms with van der Waals surface area (Å²) in [5.74, 6) is -0.263. The molecule has 168 valence electrons. The molecule has 0 radical (unpaired) electrons. The number of anilines is 1. The van der Waals surface area contributed by atoms with Gasteiger partial charge in [-0.2, -0.15) is 0 Å². The topological polar surface area (TPSA) is 73.9 Å². The lowest BCUT2D eigenvalue weighted by molar-refractivity contribution is -0.124. The van der Waals surface area contributed by atoms with E-state index in [1.807, 2.05) is 42.5 Å². The van der Waals surface area contributed by atoms with E-state index >= 15 is 0 Å². The van der Waals surface area contributed by atoms with Crippen molar-refractivity contribution in [3.05, 3.63) is 72.3 Å². The Morgan fingerprint density at radius 1 is 0.906 bits per heavy atom. The van der Waals surface area contributed by atoms with Gasteiger partial charge in [0.05, 0.1) is 13.0 Å². The average molecular weight is 436 g/mol. The summed E-state index contributed by atoms with van der Waals surface area (Å²) >= 11 is 0. The highest BCUT2D eigenvalue weighted by atomic mass is 16.7. The molecule has 1 N–H and O–H groups in total. The molecule has 0 heterocycles. The molecule has 3 aromatic rings. The molecule has 0 saturated carbocycles. The summed E-state index contributed by atoms with van der Waals surface area (Å²) in [6.45, 7) is 7.01. The van der Waals surface area contributed by atoms with E-state index in [0.29, 0.717) is 17.0 Å². The van der Waals surface area contributed by atoms with Gasteiger partial charge in [-0.25, -0.2) is 4.79 Å². The SMILES string of the molecule is COc1ccc(NC(=O)[C@H](C)[C@@H](OC(=O)OC(C)(C)C)c2ccc3ccccc3c2)cc1. The standard InChI is InChI=1S/C26H29NO5/c1-17(24(28)27-21-12-14-22(30-5)15-13-21)23(31-25(29)32-26(2,3)4)20-11-10-18-8-6-7-9-19(18)16-20/h6-17,23H,1-5H3,(H,27,28)/t17-,23-/m1/s1. The van der Waals surface area contributed by atoms with Gasteiger partial charge in [-0.05, 0) is 74.4 Å². The molecule has 1 amide bonds. The number of amides is 1. The van der Waals surface area contributed by atoms with Crippen molar-refractivity contribution in [2.75, 3.05) is 12.4 Å². The fourth-order valence-electron chi connectivity index (χ4n) is 3.29. The molecule has 0 saturated heterocycles. The van der Waals surface area contributed by atoms with Crippen LogP contribution in [0, 0.1) is 5.92 Å². The first-order valence-corrected chi connectivity index (χ1v) is 10.5. The van der Waals surface area contributed by atoms with Gasteiger partial charge in [0, 0.05) is 5.69 Å². The number of nitrogens with one attached hydrogen (secondary N) is 1. The predicted octanol–water partition coefficient (Wildman–Crippen LogP) is 6.12. The highest BCUT2D eigenvalue weighted by molar-refractivity contribution is 5.93. The number of ether oxygens (including phenoxy) is 3. The molecule has 6 nitrogen and oxygen atoms in total. The maximum absolute atomic E-state index is 13.0. The van der Waals surface area contributed by atoms with Crippen LogP contribution in [-0.2, 0) is 14.3 Å². The third-order valence-corrected chi connectivity index (χ3v) is 4.94. The highest BCUT2D eigenvalue weighted by Gasteiger charge is 2.31. The van der Waals surface area contributed by atoms with Crippen molar-refractivity contribution in [3.8, 4) is 5.75 Å². The zero-order valence-electron chi connectivity index (χ0n) is 19.0. The van der Waals surface area contributed by atoms with E-state index in [2.05, 4.69) is 5.32 Å². The smallest absolute Gasteiger partial charge is 0.497 e. The third-order valence-electron chi connectivity index (χ3n) is 4.94. The molecule has 0 aliphatic rings. The molecule has 0 aliphatic heterocycles. The van der Waals surface area contributed by atoms with E-state index in [1.54, 1.807) is 59.1 Å². The zero-order chi connectivity index (χ0) is 23.3. The second-order valence-corrected chi connectivity index (χ2v) is 8.62. The number of hydrogen-bond donors (Lipinski definition) is 1. The molecule has 3 rings (SSSR count). The molecule has 2 atom stereocenters. The monoisotopic (exact) mass is 435 g/mol. The number of hydrogen-bond acceptors (Lipinski definition) is 5. The van der Waals surface area contributed by atoms with E-state index in [9.17, 15) is 9.59 Å². The number of fused-ring (bicyclic) bond motifs is 1. The number of benzene rings is 3. The van der Waals surface area contributed by atoms with Crippen LogP contribution in [0.15, 0.2) is 66.7 Å². The lowest BCUT2D eigenvalue weighted by atomic mass is 9.94. The third kappa shape index (κ3) is 6.00. The molecule has 32 heavy (non-hydrogen) atoms. The van der Waals surface area contributed by atoms with E-state index in [4.69, 9.17) is 14.2 Å². The Kier molecular flexibility index (Phi) is 7.03. The maximum atomic E-state index is 13.0. The van der Waals surface area contributed by atoms with Crippen molar-refractivity contribution in [3.63, 3.8) is 0 Å². The van der Waals surface area contributed by atoms with Gasteiger partial charge in [0.15, 0.2) is 0 Å². The first kappa shape index (κ1) is 23.1. The summed E-state index contributed by atoms with van der Waals surface area (Å²) in [6, 6.07) is 20.7. The molecule has 6 heteroatoms. The molecule has 0 unspecified atom stereocenters. The Hall–Kier alpha value is -3.54. The van der Waals surface area contributed by atoms with Gasteiger partial charge < -0.3 is 19.5 Å². The average Bonchev–Trinajstić information content (AvgIpc) is 2.76.